The Morgan fingerprint density at radius 1 is 0.478 bits per heavy atom. The number of carbonyl (C=O) groups is 3. The number of hydrogen-bond donors (Lipinski definition) is 3. The van der Waals surface area contributed by atoms with Gasteiger partial charge < -0.3 is 24.1 Å². The van der Waals surface area contributed by atoms with Gasteiger partial charge in [-0.15, -0.1) is 11.6 Å². The minimum Gasteiger partial charge on any atom is -0.508 e. The number of phenolic OH excluding ortho intramolecular Hbond substituents is 1. The van der Waals surface area contributed by atoms with E-state index in [9.17, 15) is 14.4 Å². The van der Waals surface area contributed by atoms with Crippen molar-refractivity contribution in [2.24, 2.45) is 0 Å². The van der Waals surface area contributed by atoms with Crippen LogP contribution in [0.3, 0.4) is 0 Å². The van der Waals surface area contributed by atoms with Gasteiger partial charge in [0.25, 0.3) is 5.91 Å². The summed E-state index contributed by atoms with van der Waals surface area (Å²) in [5.41, 5.74) is 8.38. The van der Waals surface area contributed by atoms with Gasteiger partial charge in [0.1, 0.15) is 30.5 Å². The molecule has 0 saturated carbocycles. The van der Waals surface area contributed by atoms with Crippen LogP contribution in [0.4, 0.5) is 0 Å². The highest BCUT2D eigenvalue weighted by Gasteiger charge is 2.07. The van der Waals surface area contributed by atoms with Crippen molar-refractivity contribution in [3.63, 3.8) is 0 Å². The Kier molecular flexibility index (Phi) is 17.7. The number of benzene rings is 6. The van der Waals surface area contributed by atoms with Crippen molar-refractivity contribution >= 4 is 62.2 Å². The molecule has 14 heteroatoms. The number of phenols is 1. The number of alkyl halides is 1. The van der Waals surface area contributed by atoms with E-state index in [1.54, 1.807) is 54.0 Å². The number of nitrogens with zero attached hydrogens (tertiary/aromatic N) is 3. The number of esters is 2. The molecule has 338 valence electrons. The van der Waals surface area contributed by atoms with Crippen LogP contribution in [-0.2, 0) is 28.6 Å². The largest absolute Gasteiger partial charge is 0.508 e. The lowest BCUT2D eigenvalue weighted by atomic mass is 10.2. The zero-order chi connectivity index (χ0) is 47.4. The number of methoxy groups -OCH3 is 2. The fourth-order valence-corrected chi connectivity index (χ4v) is 6.31. The van der Waals surface area contributed by atoms with Crippen LogP contribution >= 0.6 is 11.6 Å². The molecule has 9 aromatic rings. The number of aromatic nitrogens is 3. The number of pyridine rings is 3. The first-order chi connectivity index (χ1) is 32.7. The zero-order valence-electron chi connectivity index (χ0n) is 36.4. The predicted molar refractivity (Wildman–Crippen MR) is 256 cm³/mol. The Morgan fingerprint density at radius 3 is 1.22 bits per heavy atom. The molecule has 0 fully saturated rings. The molecule has 0 atom stereocenters. The van der Waals surface area contributed by atoms with Crippen LogP contribution in [0, 0.1) is 0 Å². The normalized spacial score (nSPS) is 10.2. The molecule has 9 rings (SSSR count). The molecule has 0 aliphatic rings. The minimum atomic E-state index is -0.553. The number of halogens is 1. The van der Waals surface area contributed by atoms with Crippen molar-refractivity contribution in [1.82, 2.24) is 20.4 Å². The summed E-state index contributed by atoms with van der Waals surface area (Å²) in [7, 11) is 2.67. The Hall–Kier alpha value is -8.39. The third-order valence-electron chi connectivity index (χ3n) is 9.66. The summed E-state index contributed by atoms with van der Waals surface area (Å²) in [5, 5.41) is 20.8. The number of rotatable bonds is 10. The van der Waals surface area contributed by atoms with Gasteiger partial charge in [0.05, 0.1) is 64.9 Å². The van der Waals surface area contributed by atoms with E-state index in [2.05, 4.69) is 24.4 Å². The molecule has 0 spiro atoms. The topological polar surface area (TPSA) is 179 Å². The van der Waals surface area contributed by atoms with Crippen LogP contribution in [-0.4, -0.2) is 57.3 Å². The maximum Gasteiger partial charge on any atom is 0.337 e. The van der Waals surface area contributed by atoms with Crippen LogP contribution < -0.4 is 15.0 Å². The molecular formula is C53H45ClN4O9. The quantitative estimate of drug-likeness (QED) is 0.0512. The van der Waals surface area contributed by atoms with Gasteiger partial charge >= 0.3 is 11.9 Å². The highest BCUT2D eigenvalue weighted by molar-refractivity contribution is 6.17. The molecule has 0 aliphatic heterocycles. The maximum absolute atomic E-state index is 11.4. The fourth-order valence-electron chi connectivity index (χ4n) is 6.16. The first kappa shape index (κ1) is 48.1. The van der Waals surface area contributed by atoms with Gasteiger partial charge in [-0.25, -0.2) is 25.0 Å². The molecule has 6 aromatic carbocycles. The summed E-state index contributed by atoms with van der Waals surface area (Å²) in [6, 6.07) is 55.0. The summed E-state index contributed by atoms with van der Waals surface area (Å²) < 4.78 is 20.5. The van der Waals surface area contributed by atoms with Crippen LogP contribution in [0.25, 0.3) is 32.7 Å². The second kappa shape index (κ2) is 24.6. The van der Waals surface area contributed by atoms with Crippen molar-refractivity contribution < 1.29 is 43.6 Å². The summed E-state index contributed by atoms with van der Waals surface area (Å²) in [6.45, 7) is 0.721. The monoisotopic (exact) mass is 916 g/mol. The molecular weight excluding hydrogens is 872 g/mol. The molecule has 67 heavy (non-hydrogen) atoms. The molecule has 3 aromatic heterocycles. The van der Waals surface area contributed by atoms with Gasteiger partial charge in [-0.05, 0) is 109 Å². The zero-order valence-corrected chi connectivity index (χ0v) is 37.2. The van der Waals surface area contributed by atoms with Gasteiger partial charge in [-0.2, -0.15) is 0 Å². The van der Waals surface area contributed by atoms with Gasteiger partial charge in [0.2, 0.25) is 0 Å². The summed E-state index contributed by atoms with van der Waals surface area (Å²) in [4.78, 5) is 46.8. The second-order valence-electron chi connectivity index (χ2n) is 14.2. The number of amides is 1. The maximum atomic E-state index is 11.4. The van der Waals surface area contributed by atoms with Crippen molar-refractivity contribution in [1.29, 1.82) is 0 Å². The molecule has 13 nitrogen and oxygen atoms in total. The molecule has 0 bridgehead atoms. The van der Waals surface area contributed by atoms with E-state index >= 15 is 0 Å². The highest BCUT2D eigenvalue weighted by atomic mass is 35.5. The molecule has 0 saturated heterocycles. The number of hydrogen-bond acceptors (Lipinski definition) is 12. The molecule has 0 aliphatic carbocycles. The van der Waals surface area contributed by atoms with Crippen molar-refractivity contribution in [3.8, 4) is 17.2 Å². The Morgan fingerprint density at radius 2 is 0.836 bits per heavy atom. The lowest BCUT2D eigenvalue weighted by Gasteiger charge is -2.07. The van der Waals surface area contributed by atoms with Gasteiger partial charge in [-0.3, -0.25) is 15.0 Å². The van der Waals surface area contributed by atoms with E-state index in [0.717, 1.165) is 49.8 Å². The average Bonchev–Trinajstić information content (AvgIpc) is 3.39. The SMILES string of the molecule is COC(=O)c1ccc(O)cc1.COC(=O)c1ccc(OCc2ccc3ccccc3n2)cc1.ClCc1ccc2ccccc2n1.O=C(NO)c1ccc(OCc2ccc3ccccc3n2)cc1. The third kappa shape index (κ3) is 14.3. The Balaban J connectivity index is 0.000000154. The lowest BCUT2D eigenvalue weighted by Crippen LogP contribution is -2.18. The Labute approximate surface area is 391 Å². The van der Waals surface area contributed by atoms with Crippen LogP contribution in [0.15, 0.2) is 182 Å². The number of hydroxylamine groups is 1. The van der Waals surface area contributed by atoms with E-state index in [1.807, 2.05) is 109 Å². The van der Waals surface area contributed by atoms with Crippen LogP contribution in [0.2, 0.25) is 0 Å². The molecule has 1 amide bonds. The highest BCUT2D eigenvalue weighted by Crippen LogP contribution is 2.19. The van der Waals surface area contributed by atoms with E-state index < -0.39 is 11.9 Å². The number of nitrogens with one attached hydrogen (secondary N) is 1. The summed E-state index contributed by atoms with van der Waals surface area (Å²) >= 11 is 5.66. The van der Waals surface area contributed by atoms with Crippen molar-refractivity contribution in [2.75, 3.05) is 14.2 Å². The van der Waals surface area contributed by atoms with Crippen molar-refractivity contribution in [2.45, 2.75) is 19.1 Å². The second-order valence-corrected chi connectivity index (χ2v) is 14.5. The molecule has 3 N–H and O–H groups in total. The van der Waals surface area contributed by atoms with Crippen molar-refractivity contribution in [3.05, 3.63) is 216 Å². The van der Waals surface area contributed by atoms with Crippen LogP contribution in [0.1, 0.15) is 48.2 Å². The first-order valence-electron chi connectivity index (χ1n) is 20.6. The van der Waals surface area contributed by atoms with E-state index in [-0.39, 0.29) is 11.7 Å². The number of aromatic hydroxyl groups is 1. The van der Waals surface area contributed by atoms with Gasteiger partial charge in [0.15, 0.2) is 0 Å². The smallest absolute Gasteiger partial charge is 0.337 e. The van der Waals surface area contributed by atoms with Gasteiger partial charge in [-0.1, -0.05) is 72.8 Å². The van der Waals surface area contributed by atoms with Crippen LogP contribution in [0.5, 0.6) is 17.2 Å². The first-order valence-corrected chi connectivity index (χ1v) is 21.2. The Bertz CT molecular complexity index is 2900. The third-order valence-corrected chi connectivity index (χ3v) is 9.93. The number of para-hydroxylation sites is 3. The predicted octanol–water partition coefficient (Wildman–Crippen LogP) is 10.7. The number of ether oxygens (including phenoxy) is 4. The molecule has 3 heterocycles. The minimum absolute atomic E-state index is 0.137. The fraction of sp³-hybridized carbons (Fsp3) is 0.0943. The van der Waals surface area contributed by atoms with E-state index in [0.29, 0.717) is 47.3 Å². The number of carbonyl (C=O) groups excluding carboxylic acids is 3. The van der Waals surface area contributed by atoms with E-state index in [1.165, 1.54) is 38.5 Å². The summed E-state index contributed by atoms with van der Waals surface area (Å²) in [5.74, 6) is 0.616. The standard InChI is InChI=1S/C18H15NO3.C17H14N2O3.C10H8ClN.C8H8O3/c1-21-18(20)14-7-10-16(11-8-14)22-12-15-9-6-13-4-2-3-5-17(13)19-15;20-17(19-21)13-6-9-15(10-7-13)22-11-14-8-5-12-3-1-2-4-16(12)18-14;11-7-9-6-5-8-3-1-2-4-10(8)12-9;1-11-8(10)6-2-4-7(9)5-3-6/h2-11H,12H2,1H3;1-10,21H,11H2,(H,19,20);1-6H,7H2;2-5,9H,1H3. The summed E-state index contributed by atoms with van der Waals surface area (Å²) in [6.07, 6.45) is 0. The molecule has 0 unspecified atom stereocenters. The average molecular weight is 917 g/mol. The molecule has 0 radical (unpaired) electrons. The lowest BCUT2D eigenvalue weighted by molar-refractivity contribution is 0.0591. The van der Waals surface area contributed by atoms with Gasteiger partial charge in [0, 0.05) is 21.7 Å². The van der Waals surface area contributed by atoms with E-state index in [4.69, 9.17) is 31.4 Å². The number of fused-ring (bicyclic) bond motifs is 3.